The molecule has 0 saturated heterocycles. The van der Waals surface area contributed by atoms with Gasteiger partial charge in [-0.2, -0.15) is 5.10 Å². The van der Waals surface area contributed by atoms with Crippen molar-refractivity contribution in [2.45, 2.75) is 32.9 Å². The van der Waals surface area contributed by atoms with Gasteiger partial charge in [0, 0.05) is 17.5 Å². The summed E-state index contributed by atoms with van der Waals surface area (Å²) >= 11 is 2.18. The first kappa shape index (κ1) is 14.5. The highest BCUT2D eigenvalue weighted by Gasteiger charge is 2.22. The maximum atomic E-state index is 6.03. The van der Waals surface area contributed by atoms with Crippen molar-refractivity contribution in [3.05, 3.63) is 33.0 Å². The second kappa shape index (κ2) is 5.75. The van der Waals surface area contributed by atoms with Crippen molar-refractivity contribution >= 4 is 28.4 Å². The van der Waals surface area contributed by atoms with Crippen LogP contribution in [0.2, 0.25) is 0 Å². The quantitative estimate of drug-likeness (QED) is 0.804. The standard InChI is InChI=1S/C15H18IN3O2/c1-3-20-13-5-10-4-9(2)21-14(10)6-11(13)8-19-15(17)12(16)7-18-19/h5-7,9H,3-4,8,17H2,1-2H3. The fourth-order valence-electron chi connectivity index (χ4n) is 2.55. The maximum Gasteiger partial charge on any atom is 0.135 e. The zero-order valence-corrected chi connectivity index (χ0v) is 14.3. The molecule has 1 aromatic carbocycles. The van der Waals surface area contributed by atoms with E-state index in [2.05, 4.69) is 46.7 Å². The molecule has 0 spiro atoms. The van der Waals surface area contributed by atoms with Crippen LogP contribution in [0.15, 0.2) is 18.3 Å². The predicted molar refractivity (Wildman–Crippen MR) is 89.9 cm³/mol. The van der Waals surface area contributed by atoms with Gasteiger partial charge in [0.2, 0.25) is 0 Å². The second-order valence-electron chi connectivity index (χ2n) is 5.17. The zero-order valence-electron chi connectivity index (χ0n) is 12.1. The predicted octanol–water partition coefficient (Wildman–Crippen LogP) is 2.84. The lowest BCUT2D eigenvalue weighted by Gasteiger charge is -2.13. The van der Waals surface area contributed by atoms with Crippen LogP contribution in [-0.2, 0) is 13.0 Å². The van der Waals surface area contributed by atoms with Gasteiger partial charge in [0.1, 0.15) is 23.4 Å². The molecular formula is C15H18IN3O2. The van der Waals surface area contributed by atoms with Crippen molar-refractivity contribution in [3.63, 3.8) is 0 Å². The topological polar surface area (TPSA) is 62.3 Å². The van der Waals surface area contributed by atoms with Crippen LogP contribution in [0, 0.1) is 3.57 Å². The summed E-state index contributed by atoms with van der Waals surface area (Å²) in [5.74, 6) is 2.51. The van der Waals surface area contributed by atoms with Crippen LogP contribution in [0.5, 0.6) is 11.5 Å². The van der Waals surface area contributed by atoms with Gasteiger partial charge in [-0.3, -0.25) is 0 Å². The summed E-state index contributed by atoms with van der Waals surface area (Å²) in [5.41, 5.74) is 8.27. The minimum Gasteiger partial charge on any atom is -0.494 e. The van der Waals surface area contributed by atoms with Gasteiger partial charge in [-0.05, 0) is 48.6 Å². The van der Waals surface area contributed by atoms with Crippen LogP contribution in [0.25, 0.3) is 0 Å². The van der Waals surface area contributed by atoms with E-state index >= 15 is 0 Å². The normalized spacial score (nSPS) is 16.6. The third-order valence-corrected chi connectivity index (χ3v) is 4.36. The van der Waals surface area contributed by atoms with E-state index in [1.165, 1.54) is 5.56 Å². The Morgan fingerprint density at radius 2 is 2.33 bits per heavy atom. The van der Waals surface area contributed by atoms with Crippen molar-refractivity contribution in [3.8, 4) is 11.5 Å². The Labute approximate surface area is 137 Å². The van der Waals surface area contributed by atoms with Crippen LogP contribution in [0.4, 0.5) is 5.82 Å². The van der Waals surface area contributed by atoms with E-state index in [4.69, 9.17) is 15.2 Å². The number of anilines is 1. The third-order valence-electron chi connectivity index (χ3n) is 3.53. The average molecular weight is 399 g/mol. The van der Waals surface area contributed by atoms with Gasteiger partial charge in [-0.15, -0.1) is 0 Å². The fourth-order valence-corrected chi connectivity index (χ4v) is 2.96. The van der Waals surface area contributed by atoms with Crippen LogP contribution in [0.3, 0.4) is 0 Å². The highest BCUT2D eigenvalue weighted by Crippen LogP contribution is 2.35. The molecule has 0 aliphatic carbocycles. The molecule has 0 bridgehead atoms. The number of halogens is 1. The molecule has 2 N–H and O–H groups in total. The SMILES string of the molecule is CCOc1cc2c(cc1Cn1ncc(I)c1N)OC(C)C2. The van der Waals surface area contributed by atoms with Crippen molar-refractivity contribution in [2.24, 2.45) is 0 Å². The Morgan fingerprint density at radius 3 is 3.00 bits per heavy atom. The third kappa shape index (κ3) is 2.81. The number of nitrogen functional groups attached to an aromatic ring is 1. The number of hydrogen-bond acceptors (Lipinski definition) is 4. The number of benzene rings is 1. The fraction of sp³-hybridized carbons (Fsp3) is 0.400. The van der Waals surface area contributed by atoms with Crippen LogP contribution >= 0.6 is 22.6 Å². The number of nitrogens with zero attached hydrogens (tertiary/aromatic N) is 2. The van der Waals surface area contributed by atoms with Crippen LogP contribution in [-0.4, -0.2) is 22.5 Å². The van der Waals surface area contributed by atoms with Crippen molar-refractivity contribution < 1.29 is 9.47 Å². The highest BCUT2D eigenvalue weighted by atomic mass is 127. The Balaban J connectivity index is 1.97. The Bertz CT molecular complexity index is 669. The number of fused-ring (bicyclic) bond motifs is 1. The Kier molecular flexibility index (Phi) is 3.97. The zero-order chi connectivity index (χ0) is 15.0. The number of ether oxygens (including phenoxy) is 2. The summed E-state index contributed by atoms with van der Waals surface area (Å²) in [4.78, 5) is 0. The van der Waals surface area contributed by atoms with Crippen LogP contribution < -0.4 is 15.2 Å². The molecule has 0 amide bonds. The largest absolute Gasteiger partial charge is 0.494 e. The van der Waals surface area contributed by atoms with E-state index in [1.54, 1.807) is 10.9 Å². The van der Waals surface area contributed by atoms with Gasteiger partial charge in [-0.25, -0.2) is 4.68 Å². The summed E-state index contributed by atoms with van der Waals surface area (Å²) in [6.45, 7) is 5.28. The summed E-state index contributed by atoms with van der Waals surface area (Å²) < 4.78 is 14.4. The first-order valence-electron chi connectivity index (χ1n) is 7.00. The summed E-state index contributed by atoms with van der Waals surface area (Å²) in [7, 11) is 0. The van der Waals surface area contributed by atoms with Crippen LogP contribution in [0.1, 0.15) is 25.0 Å². The van der Waals surface area contributed by atoms with Gasteiger partial charge in [-0.1, -0.05) is 0 Å². The monoisotopic (exact) mass is 399 g/mol. The molecule has 1 atom stereocenters. The van der Waals surface area contributed by atoms with Gasteiger partial charge >= 0.3 is 0 Å². The van der Waals surface area contributed by atoms with E-state index in [0.717, 1.165) is 27.1 Å². The molecule has 0 fully saturated rings. The smallest absolute Gasteiger partial charge is 0.135 e. The first-order valence-corrected chi connectivity index (χ1v) is 8.08. The highest BCUT2D eigenvalue weighted by molar-refractivity contribution is 14.1. The van der Waals surface area contributed by atoms with Gasteiger partial charge in [0.05, 0.1) is 22.9 Å². The maximum absolute atomic E-state index is 6.03. The molecule has 5 nitrogen and oxygen atoms in total. The molecule has 1 aromatic heterocycles. The molecule has 1 aliphatic heterocycles. The molecule has 0 saturated carbocycles. The van der Waals surface area contributed by atoms with Gasteiger partial charge < -0.3 is 15.2 Å². The van der Waals surface area contributed by atoms with E-state index < -0.39 is 0 Å². The lowest BCUT2D eigenvalue weighted by Crippen LogP contribution is -2.08. The van der Waals surface area contributed by atoms with Gasteiger partial charge in [0.25, 0.3) is 0 Å². The summed E-state index contributed by atoms with van der Waals surface area (Å²) in [6, 6.07) is 4.14. The number of hydrogen-bond donors (Lipinski definition) is 1. The van der Waals surface area contributed by atoms with E-state index in [1.807, 2.05) is 6.92 Å². The number of nitrogens with two attached hydrogens (primary N) is 1. The molecule has 1 aliphatic rings. The molecule has 2 aromatic rings. The molecule has 6 heteroatoms. The molecule has 0 radical (unpaired) electrons. The number of aromatic nitrogens is 2. The molecule has 21 heavy (non-hydrogen) atoms. The minimum atomic E-state index is 0.223. The summed E-state index contributed by atoms with van der Waals surface area (Å²) in [5, 5.41) is 4.31. The van der Waals surface area contributed by atoms with E-state index in [-0.39, 0.29) is 6.10 Å². The van der Waals surface area contributed by atoms with Crippen molar-refractivity contribution in [2.75, 3.05) is 12.3 Å². The lowest BCUT2D eigenvalue weighted by molar-refractivity contribution is 0.254. The molecule has 3 rings (SSSR count). The molecule has 112 valence electrons. The minimum absolute atomic E-state index is 0.223. The Hall–Kier alpha value is -1.44. The first-order chi connectivity index (χ1) is 10.1. The average Bonchev–Trinajstić information content (AvgIpc) is 2.95. The summed E-state index contributed by atoms with van der Waals surface area (Å²) in [6.07, 6.45) is 2.92. The van der Waals surface area contributed by atoms with E-state index in [9.17, 15) is 0 Å². The van der Waals surface area contributed by atoms with Gasteiger partial charge in [0.15, 0.2) is 0 Å². The van der Waals surface area contributed by atoms with E-state index in [0.29, 0.717) is 19.0 Å². The van der Waals surface area contributed by atoms with Crippen molar-refractivity contribution in [1.29, 1.82) is 0 Å². The lowest BCUT2D eigenvalue weighted by atomic mass is 10.1. The number of rotatable bonds is 4. The molecular weight excluding hydrogens is 381 g/mol. The Morgan fingerprint density at radius 1 is 1.52 bits per heavy atom. The molecule has 2 heterocycles. The molecule has 1 unspecified atom stereocenters. The second-order valence-corrected chi connectivity index (χ2v) is 6.33. The van der Waals surface area contributed by atoms with Crippen molar-refractivity contribution in [1.82, 2.24) is 9.78 Å².